The first kappa shape index (κ1) is 9.99. The number of hydrogen-bond acceptors (Lipinski definition) is 3. The van der Waals surface area contributed by atoms with E-state index in [0.717, 1.165) is 0 Å². The maximum atomic E-state index is 11.1. The lowest BCUT2D eigenvalue weighted by Crippen LogP contribution is -2.11. The second kappa shape index (κ2) is 3.75. The molecule has 0 aromatic rings. The van der Waals surface area contributed by atoms with Gasteiger partial charge in [0.1, 0.15) is 9.84 Å². The van der Waals surface area contributed by atoms with Crippen molar-refractivity contribution in [3.8, 4) is 0 Å². The summed E-state index contributed by atoms with van der Waals surface area (Å²) in [5.41, 5.74) is 0. The summed E-state index contributed by atoms with van der Waals surface area (Å²) >= 11 is 5.29. The van der Waals surface area contributed by atoms with Crippen molar-refractivity contribution in [3.05, 3.63) is 0 Å². The monoisotopic (exact) mass is 210 g/mol. The van der Waals surface area contributed by atoms with Crippen molar-refractivity contribution < 1.29 is 13.2 Å². The van der Waals surface area contributed by atoms with E-state index in [1.54, 1.807) is 0 Å². The van der Waals surface area contributed by atoms with Gasteiger partial charge < -0.3 is 0 Å². The van der Waals surface area contributed by atoms with Gasteiger partial charge in [-0.3, -0.25) is 4.79 Å². The van der Waals surface area contributed by atoms with E-state index in [0.29, 0.717) is 19.3 Å². The zero-order valence-electron chi connectivity index (χ0n) is 6.62. The summed E-state index contributed by atoms with van der Waals surface area (Å²) in [7, 11) is -2.90. The minimum absolute atomic E-state index is 0.107. The maximum Gasteiger partial charge on any atom is 0.224 e. The van der Waals surface area contributed by atoms with Gasteiger partial charge in [-0.25, -0.2) is 8.42 Å². The number of halogens is 1. The van der Waals surface area contributed by atoms with Crippen LogP contribution in [-0.4, -0.2) is 25.2 Å². The highest BCUT2D eigenvalue weighted by Crippen LogP contribution is 2.20. The summed E-state index contributed by atoms with van der Waals surface area (Å²) in [5.74, 6) is 0.0630. The van der Waals surface area contributed by atoms with Crippen molar-refractivity contribution in [1.82, 2.24) is 0 Å². The first-order valence-corrected chi connectivity index (χ1v) is 6.11. The van der Waals surface area contributed by atoms with Gasteiger partial charge in [-0.2, -0.15) is 0 Å². The van der Waals surface area contributed by atoms with Crippen molar-refractivity contribution in [2.24, 2.45) is 5.92 Å². The number of sulfone groups is 1. The minimum Gasteiger partial charge on any atom is -0.281 e. The number of rotatable bonds is 1. The number of carbonyl (C=O) groups excluding carboxylic acids is 1. The Bertz CT molecular complexity index is 270. The molecule has 1 fully saturated rings. The van der Waals surface area contributed by atoms with E-state index >= 15 is 0 Å². The Morgan fingerprint density at radius 1 is 1.25 bits per heavy atom. The molecule has 1 aliphatic heterocycles. The molecule has 3 nitrogen and oxygen atoms in total. The van der Waals surface area contributed by atoms with Crippen molar-refractivity contribution in [2.45, 2.75) is 19.3 Å². The Hall–Kier alpha value is -0.0900. The third-order valence-electron chi connectivity index (χ3n) is 2.11. The second-order valence-electron chi connectivity index (χ2n) is 3.08. The molecule has 1 atom stereocenters. The summed E-state index contributed by atoms with van der Waals surface area (Å²) < 4.78 is 22.2. The molecule has 1 rings (SSSR count). The molecule has 0 unspecified atom stereocenters. The summed E-state index contributed by atoms with van der Waals surface area (Å²) in [6.45, 7) is 0. The van der Waals surface area contributed by atoms with Gasteiger partial charge in [0.05, 0.1) is 11.5 Å². The van der Waals surface area contributed by atoms with Crippen LogP contribution in [0.25, 0.3) is 0 Å². The Labute approximate surface area is 77.0 Å². The molecule has 0 aromatic carbocycles. The summed E-state index contributed by atoms with van der Waals surface area (Å²) in [6, 6.07) is 0. The molecule has 0 N–H and O–H groups in total. The van der Waals surface area contributed by atoms with E-state index in [4.69, 9.17) is 11.6 Å². The van der Waals surface area contributed by atoms with Crippen molar-refractivity contribution in [3.63, 3.8) is 0 Å². The second-order valence-corrected chi connectivity index (χ2v) is 5.76. The largest absolute Gasteiger partial charge is 0.281 e. The maximum absolute atomic E-state index is 11.1. The molecule has 0 aliphatic carbocycles. The SMILES string of the molecule is O=C(Cl)[C@@H]1CCCS(=O)(=O)CC1. The average Bonchev–Trinajstić information content (AvgIpc) is 2.10. The van der Waals surface area contributed by atoms with Crippen LogP contribution in [0.15, 0.2) is 0 Å². The van der Waals surface area contributed by atoms with Crippen LogP contribution in [0, 0.1) is 5.92 Å². The van der Waals surface area contributed by atoms with E-state index in [2.05, 4.69) is 0 Å². The molecule has 0 spiro atoms. The summed E-state index contributed by atoms with van der Waals surface area (Å²) in [4.78, 5) is 10.7. The van der Waals surface area contributed by atoms with E-state index < -0.39 is 15.1 Å². The Morgan fingerprint density at radius 2 is 1.92 bits per heavy atom. The van der Waals surface area contributed by atoms with Crippen LogP contribution >= 0.6 is 11.6 Å². The molecule has 5 heteroatoms. The Morgan fingerprint density at radius 3 is 2.50 bits per heavy atom. The van der Waals surface area contributed by atoms with Crippen LogP contribution in [0.3, 0.4) is 0 Å². The van der Waals surface area contributed by atoms with Crippen molar-refractivity contribution >= 4 is 26.7 Å². The third-order valence-corrected chi connectivity index (χ3v) is 4.18. The molecule has 12 heavy (non-hydrogen) atoms. The fourth-order valence-corrected chi connectivity index (χ4v) is 3.02. The highest BCUT2D eigenvalue weighted by Gasteiger charge is 2.24. The van der Waals surface area contributed by atoms with Crippen molar-refractivity contribution in [1.29, 1.82) is 0 Å². The van der Waals surface area contributed by atoms with Crippen LogP contribution in [0.2, 0.25) is 0 Å². The normalized spacial score (nSPS) is 29.2. The molecular formula is C7H11ClO3S. The lowest BCUT2D eigenvalue weighted by molar-refractivity contribution is -0.115. The van der Waals surface area contributed by atoms with E-state index in [1.807, 2.05) is 0 Å². The van der Waals surface area contributed by atoms with Crippen LogP contribution in [0.1, 0.15) is 19.3 Å². The fourth-order valence-electron chi connectivity index (χ4n) is 1.34. The average molecular weight is 211 g/mol. The third kappa shape index (κ3) is 2.75. The van der Waals surface area contributed by atoms with Crippen LogP contribution in [-0.2, 0) is 14.6 Å². The molecule has 1 saturated heterocycles. The van der Waals surface area contributed by atoms with E-state index in [-0.39, 0.29) is 17.4 Å². The number of hydrogen-bond donors (Lipinski definition) is 0. The predicted molar refractivity (Wildman–Crippen MR) is 46.9 cm³/mol. The van der Waals surface area contributed by atoms with Gasteiger partial charge in [-0.15, -0.1) is 0 Å². The number of carbonyl (C=O) groups is 1. The standard InChI is InChI=1S/C7H11ClO3S/c8-7(9)6-2-1-4-12(10,11)5-3-6/h6H,1-5H2/t6-/m1/s1. The lowest BCUT2D eigenvalue weighted by atomic mass is 10.0. The van der Waals surface area contributed by atoms with Crippen LogP contribution in [0.5, 0.6) is 0 Å². The molecule has 0 radical (unpaired) electrons. The van der Waals surface area contributed by atoms with Gasteiger partial charge in [0.2, 0.25) is 5.24 Å². The van der Waals surface area contributed by atoms with Crippen LogP contribution in [0.4, 0.5) is 0 Å². The highest BCUT2D eigenvalue weighted by molar-refractivity contribution is 7.91. The highest BCUT2D eigenvalue weighted by atomic mass is 35.5. The first-order chi connectivity index (χ1) is 5.51. The van der Waals surface area contributed by atoms with Gasteiger partial charge in [0.25, 0.3) is 0 Å². The molecule has 0 bridgehead atoms. The topological polar surface area (TPSA) is 51.2 Å². The molecule has 0 amide bonds. The van der Waals surface area contributed by atoms with Gasteiger partial charge in [-0.1, -0.05) is 0 Å². The molecule has 70 valence electrons. The Balaban J connectivity index is 2.62. The first-order valence-electron chi connectivity index (χ1n) is 3.91. The smallest absolute Gasteiger partial charge is 0.224 e. The van der Waals surface area contributed by atoms with Gasteiger partial charge >= 0.3 is 0 Å². The van der Waals surface area contributed by atoms with Crippen molar-refractivity contribution in [2.75, 3.05) is 11.5 Å². The fraction of sp³-hybridized carbons (Fsp3) is 0.857. The molecular weight excluding hydrogens is 200 g/mol. The van der Waals surface area contributed by atoms with Gasteiger partial charge in [0, 0.05) is 5.92 Å². The summed E-state index contributed by atoms with van der Waals surface area (Å²) in [6.07, 6.45) is 1.57. The predicted octanol–water partition coefficient (Wildman–Crippen LogP) is 0.967. The molecule has 0 aromatic heterocycles. The van der Waals surface area contributed by atoms with E-state index in [1.165, 1.54) is 0 Å². The quantitative estimate of drug-likeness (QED) is 0.606. The molecule has 1 aliphatic rings. The molecule has 1 heterocycles. The van der Waals surface area contributed by atoms with Gasteiger partial charge in [0.15, 0.2) is 0 Å². The van der Waals surface area contributed by atoms with Gasteiger partial charge in [-0.05, 0) is 30.9 Å². The lowest BCUT2D eigenvalue weighted by Gasteiger charge is -2.04. The summed E-state index contributed by atoms with van der Waals surface area (Å²) in [5, 5.41) is -0.396. The Kier molecular flexibility index (Phi) is 3.12. The van der Waals surface area contributed by atoms with Crippen LogP contribution < -0.4 is 0 Å². The minimum atomic E-state index is -2.90. The van der Waals surface area contributed by atoms with E-state index in [9.17, 15) is 13.2 Å². The zero-order chi connectivity index (χ0) is 9.19. The molecule has 0 saturated carbocycles. The zero-order valence-corrected chi connectivity index (χ0v) is 8.20.